The van der Waals surface area contributed by atoms with Gasteiger partial charge in [-0.15, -0.1) is 0 Å². The molecule has 0 aromatic heterocycles. The van der Waals surface area contributed by atoms with Gasteiger partial charge >= 0.3 is 0 Å². The van der Waals surface area contributed by atoms with E-state index in [4.69, 9.17) is 23.2 Å². The molecule has 0 aliphatic heterocycles. The summed E-state index contributed by atoms with van der Waals surface area (Å²) < 4.78 is 0. The molecule has 0 amide bonds. The summed E-state index contributed by atoms with van der Waals surface area (Å²) in [5.41, 5.74) is 1.20. The van der Waals surface area contributed by atoms with Crippen LogP contribution < -0.4 is 5.32 Å². The van der Waals surface area contributed by atoms with Crippen LogP contribution in [0, 0.1) is 5.92 Å². The Kier molecular flexibility index (Phi) is 4.12. The topological polar surface area (TPSA) is 12.0 Å². The Hall–Kier alpha value is -0.240. The first-order valence-corrected chi connectivity index (χ1v) is 6.59. The Morgan fingerprint density at radius 1 is 1.25 bits per heavy atom. The molecule has 1 atom stereocenters. The van der Waals surface area contributed by atoms with E-state index in [9.17, 15) is 0 Å². The van der Waals surface area contributed by atoms with E-state index in [-0.39, 0.29) is 0 Å². The molecule has 0 spiro atoms. The lowest BCUT2D eigenvalue weighted by atomic mass is 10.1. The minimum Gasteiger partial charge on any atom is -0.314 e. The van der Waals surface area contributed by atoms with Gasteiger partial charge in [0, 0.05) is 16.1 Å². The lowest BCUT2D eigenvalue weighted by molar-refractivity contribution is 0.500. The molecule has 0 bridgehead atoms. The molecule has 1 aliphatic rings. The van der Waals surface area contributed by atoms with Crippen LogP contribution >= 0.6 is 23.2 Å². The number of hydrogen-bond donors (Lipinski definition) is 1. The van der Waals surface area contributed by atoms with Gasteiger partial charge in [-0.25, -0.2) is 0 Å². The molecule has 0 radical (unpaired) electrons. The summed E-state index contributed by atoms with van der Waals surface area (Å²) >= 11 is 11.9. The average Bonchev–Trinajstić information content (AvgIpc) is 2.98. The standard InChI is InChI=1S/C13H17Cl2N/c1-9(11-2-3-11)16-5-4-10-6-12(14)8-13(15)7-10/h6-9,11,16H,2-5H2,1H3. The predicted octanol–water partition coefficient (Wildman–Crippen LogP) is 3.92. The van der Waals surface area contributed by atoms with Gasteiger partial charge in [0.15, 0.2) is 0 Å². The number of rotatable bonds is 5. The molecular weight excluding hydrogens is 241 g/mol. The first-order valence-electron chi connectivity index (χ1n) is 5.83. The van der Waals surface area contributed by atoms with Crippen LogP contribution in [-0.2, 0) is 6.42 Å². The molecule has 1 fully saturated rings. The summed E-state index contributed by atoms with van der Waals surface area (Å²) in [5, 5.41) is 4.99. The van der Waals surface area contributed by atoms with Crippen molar-refractivity contribution in [3.8, 4) is 0 Å². The molecule has 1 unspecified atom stereocenters. The van der Waals surface area contributed by atoms with Crippen molar-refractivity contribution in [2.75, 3.05) is 6.54 Å². The second-order valence-corrected chi connectivity index (χ2v) is 5.48. The monoisotopic (exact) mass is 257 g/mol. The highest BCUT2D eigenvalue weighted by atomic mass is 35.5. The van der Waals surface area contributed by atoms with E-state index < -0.39 is 0 Å². The van der Waals surface area contributed by atoms with E-state index >= 15 is 0 Å². The van der Waals surface area contributed by atoms with E-state index in [2.05, 4.69) is 12.2 Å². The van der Waals surface area contributed by atoms with E-state index in [1.54, 1.807) is 6.07 Å². The van der Waals surface area contributed by atoms with Crippen LogP contribution in [0.4, 0.5) is 0 Å². The zero-order valence-corrected chi connectivity index (χ0v) is 11.0. The molecular formula is C13H17Cl2N. The van der Waals surface area contributed by atoms with Crippen LogP contribution in [0.1, 0.15) is 25.3 Å². The number of nitrogens with one attached hydrogen (secondary N) is 1. The highest BCUT2D eigenvalue weighted by molar-refractivity contribution is 6.34. The first-order chi connectivity index (χ1) is 7.65. The summed E-state index contributed by atoms with van der Waals surface area (Å²) in [6, 6.07) is 6.38. The molecule has 3 heteroatoms. The molecule has 0 saturated heterocycles. The Morgan fingerprint density at radius 2 is 1.88 bits per heavy atom. The average molecular weight is 258 g/mol. The van der Waals surface area contributed by atoms with Gasteiger partial charge in [0.05, 0.1) is 0 Å². The van der Waals surface area contributed by atoms with Crippen LogP contribution in [0.2, 0.25) is 10.0 Å². The smallest absolute Gasteiger partial charge is 0.0423 e. The molecule has 1 aromatic rings. The van der Waals surface area contributed by atoms with Crippen LogP contribution in [-0.4, -0.2) is 12.6 Å². The largest absolute Gasteiger partial charge is 0.314 e. The Balaban J connectivity index is 1.79. The lowest BCUT2D eigenvalue weighted by Crippen LogP contribution is -2.29. The van der Waals surface area contributed by atoms with E-state index in [0.717, 1.165) is 28.9 Å². The molecule has 0 heterocycles. The summed E-state index contributed by atoms with van der Waals surface area (Å²) in [6.45, 7) is 3.26. The summed E-state index contributed by atoms with van der Waals surface area (Å²) in [7, 11) is 0. The molecule has 1 saturated carbocycles. The third-order valence-electron chi connectivity index (χ3n) is 3.13. The quantitative estimate of drug-likeness (QED) is 0.843. The molecule has 16 heavy (non-hydrogen) atoms. The fourth-order valence-corrected chi connectivity index (χ4v) is 2.53. The van der Waals surface area contributed by atoms with Crippen molar-refractivity contribution in [3.05, 3.63) is 33.8 Å². The van der Waals surface area contributed by atoms with Crippen molar-refractivity contribution in [1.29, 1.82) is 0 Å². The predicted molar refractivity (Wildman–Crippen MR) is 70.4 cm³/mol. The van der Waals surface area contributed by atoms with Gasteiger partial charge in [0.2, 0.25) is 0 Å². The number of halogens is 2. The Bertz CT molecular complexity index is 341. The summed E-state index contributed by atoms with van der Waals surface area (Å²) in [6.07, 6.45) is 3.76. The highest BCUT2D eigenvalue weighted by Gasteiger charge is 2.27. The summed E-state index contributed by atoms with van der Waals surface area (Å²) in [5.74, 6) is 0.906. The number of benzene rings is 1. The van der Waals surface area contributed by atoms with E-state index in [1.165, 1.54) is 18.4 Å². The molecule has 1 aromatic carbocycles. The normalized spacial score (nSPS) is 17.4. The SMILES string of the molecule is CC(NCCc1cc(Cl)cc(Cl)c1)C1CC1. The zero-order chi connectivity index (χ0) is 11.5. The second kappa shape index (κ2) is 5.39. The third kappa shape index (κ3) is 3.65. The van der Waals surface area contributed by atoms with Gasteiger partial charge in [-0.1, -0.05) is 23.2 Å². The van der Waals surface area contributed by atoms with E-state index in [0.29, 0.717) is 6.04 Å². The van der Waals surface area contributed by atoms with E-state index in [1.807, 2.05) is 12.1 Å². The van der Waals surface area contributed by atoms with Gasteiger partial charge < -0.3 is 5.32 Å². The van der Waals surface area contributed by atoms with Gasteiger partial charge in [0.25, 0.3) is 0 Å². The fourth-order valence-electron chi connectivity index (χ4n) is 1.96. The number of hydrogen-bond acceptors (Lipinski definition) is 1. The van der Waals surface area contributed by atoms with Crippen molar-refractivity contribution in [3.63, 3.8) is 0 Å². The molecule has 2 rings (SSSR count). The van der Waals surface area contributed by atoms with Crippen LogP contribution in [0.3, 0.4) is 0 Å². The van der Waals surface area contributed by atoms with Crippen molar-refractivity contribution >= 4 is 23.2 Å². The highest BCUT2D eigenvalue weighted by Crippen LogP contribution is 2.32. The van der Waals surface area contributed by atoms with Gasteiger partial charge in [-0.3, -0.25) is 0 Å². The fraction of sp³-hybridized carbons (Fsp3) is 0.538. The Morgan fingerprint density at radius 3 is 2.44 bits per heavy atom. The lowest BCUT2D eigenvalue weighted by Gasteiger charge is -2.12. The minimum absolute atomic E-state index is 0.648. The second-order valence-electron chi connectivity index (χ2n) is 4.61. The van der Waals surface area contributed by atoms with Gasteiger partial charge in [-0.2, -0.15) is 0 Å². The van der Waals surface area contributed by atoms with Crippen molar-refractivity contribution in [2.24, 2.45) is 5.92 Å². The molecule has 1 aliphatic carbocycles. The van der Waals surface area contributed by atoms with Gasteiger partial charge in [0.1, 0.15) is 0 Å². The maximum absolute atomic E-state index is 5.95. The maximum atomic E-state index is 5.95. The van der Waals surface area contributed by atoms with Crippen LogP contribution in [0.5, 0.6) is 0 Å². The zero-order valence-electron chi connectivity index (χ0n) is 9.47. The minimum atomic E-state index is 0.648. The maximum Gasteiger partial charge on any atom is 0.0423 e. The third-order valence-corrected chi connectivity index (χ3v) is 3.57. The van der Waals surface area contributed by atoms with Crippen LogP contribution in [0.15, 0.2) is 18.2 Å². The first kappa shape index (κ1) is 12.2. The van der Waals surface area contributed by atoms with Crippen molar-refractivity contribution in [2.45, 2.75) is 32.2 Å². The van der Waals surface area contributed by atoms with Gasteiger partial charge in [-0.05, 0) is 62.4 Å². The molecule has 1 nitrogen and oxygen atoms in total. The molecule has 88 valence electrons. The van der Waals surface area contributed by atoms with Crippen LogP contribution in [0.25, 0.3) is 0 Å². The Labute approximate surface area is 107 Å². The van der Waals surface area contributed by atoms with Crippen molar-refractivity contribution < 1.29 is 0 Å². The summed E-state index contributed by atoms with van der Waals surface area (Å²) in [4.78, 5) is 0. The molecule has 1 N–H and O–H groups in total. The van der Waals surface area contributed by atoms with Crippen molar-refractivity contribution in [1.82, 2.24) is 5.32 Å².